The molecule has 0 fully saturated rings. The lowest BCUT2D eigenvalue weighted by atomic mass is 10.1. The summed E-state index contributed by atoms with van der Waals surface area (Å²) in [5.41, 5.74) is 2.49. The van der Waals surface area contributed by atoms with Gasteiger partial charge in [-0.1, -0.05) is 40.6 Å². The molecule has 3 heterocycles. The van der Waals surface area contributed by atoms with Gasteiger partial charge in [-0.3, -0.25) is 4.79 Å². The van der Waals surface area contributed by atoms with E-state index in [-0.39, 0.29) is 18.2 Å². The minimum Gasteiger partial charge on any atom is -0.472 e. The molecule has 1 N–H and O–H groups in total. The molecule has 9 nitrogen and oxygen atoms in total. The molecule has 9 heteroatoms. The number of carbonyl (C=O) groups excluding carboxylic acids is 1. The Morgan fingerprint density at radius 2 is 1.93 bits per heavy atom. The lowest BCUT2D eigenvalue weighted by Gasteiger charge is -2.06. The largest absolute Gasteiger partial charge is 0.472 e. The minimum atomic E-state index is -0.465. The molecular formula is C19H15N5O4. The quantitative estimate of drug-likeness (QED) is 0.544. The summed E-state index contributed by atoms with van der Waals surface area (Å²) in [6.45, 7) is 2.05. The number of rotatable bonds is 6. The van der Waals surface area contributed by atoms with E-state index in [0.717, 1.165) is 16.8 Å². The van der Waals surface area contributed by atoms with Crippen LogP contribution in [0.2, 0.25) is 0 Å². The number of ether oxygens (including phenoxy) is 1. The Morgan fingerprint density at radius 3 is 2.64 bits per heavy atom. The second-order valence-electron chi connectivity index (χ2n) is 5.81. The van der Waals surface area contributed by atoms with Gasteiger partial charge in [0.2, 0.25) is 11.6 Å². The maximum atomic E-state index is 11.9. The maximum absolute atomic E-state index is 11.9. The molecule has 0 unspecified atom stereocenters. The van der Waals surface area contributed by atoms with Crippen LogP contribution in [0, 0.1) is 6.92 Å². The minimum absolute atomic E-state index is 0.0819. The third-order valence-electron chi connectivity index (χ3n) is 3.94. The number of hydrogen-bond donors (Lipinski definition) is 1. The highest BCUT2D eigenvalue weighted by atomic mass is 16.5. The van der Waals surface area contributed by atoms with Crippen molar-refractivity contribution in [1.82, 2.24) is 20.5 Å². The van der Waals surface area contributed by atoms with Gasteiger partial charge in [0.05, 0.1) is 11.8 Å². The number of benzene rings is 1. The van der Waals surface area contributed by atoms with E-state index in [1.165, 1.54) is 12.3 Å². The van der Waals surface area contributed by atoms with Crippen LogP contribution in [-0.4, -0.2) is 26.4 Å². The van der Waals surface area contributed by atoms with Gasteiger partial charge in [0.1, 0.15) is 18.1 Å². The first-order valence-corrected chi connectivity index (χ1v) is 8.40. The molecule has 0 aliphatic heterocycles. The first-order chi connectivity index (χ1) is 13.7. The van der Waals surface area contributed by atoms with E-state index in [2.05, 4.69) is 25.8 Å². The van der Waals surface area contributed by atoms with Crippen molar-refractivity contribution < 1.29 is 18.6 Å². The molecule has 0 radical (unpaired) electrons. The van der Waals surface area contributed by atoms with E-state index >= 15 is 0 Å². The van der Waals surface area contributed by atoms with Gasteiger partial charge in [0.25, 0.3) is 5.91 Å². The zero-order valence-corrected chi connectivity index (χ0v) is 14.8. The third kappa shape index (κ3) is 3.73. The Balaban J connectivity index is 1.42. The van der Waals surface area contributed by atoms with Gasteiger partial charge >= 0.3 is 0 Å². The Hall–Kier alpha value is -4.01. The average molecular weight is 377 g/mol. The first kappa shape index (κ1) is 17.4. The maximum Gasteiger partial charge on any atom is 0.295 e. The number of aromatic nitrogens is 4. The van der Waals surface area contributed by atoms with E-state index in [1.807, 2.05) is 37.3 Å². The monoisotopic (exact) mass is 377 g/mol. The number of nitrogens with zero attached hydrogens (tertiary/aromatic N) is 4. The van der Waals surface area contributed by atoms with E-state index in [9.17, 15) is 4.79 Å². The Kier molecular flexibility index (Phi) is 4.79. The smallest absolute Gasteiger partial charge is 0.295 e. The summed E-state index contributed by atoms with van der Waals surface area (Å²) in [6.07, 6.45) is 1.38. The SMILES string of the molecule is Cc1onc(-c2ccccc2)c1COc1ccc(NC(=O)c2ccno2)nn1. The molecule has 0 saturated carbocycles. The second kappa shape index (κ2) is 7.70. The van der Waals surface area contributed by atoms with Gasteiger partial charge in [0, 0.05) is 17.7 Å². The summed E-state index contributed by atoms with van der Waals surface area (Å²) in [7, 11) is 0. The van der Waals surface area contributed by atoms with Crippen molar-refractivity contribution in [2.45, 2.75) is 13.5 Å². The van der Waals surface area contributed by atoms with Crippen LogP contribution in [0.1, 0.15) is 21.9 Å². The van der Waals surface area contributed by atoms with E-state index in [0.29, 0.717) is 11.6 Å². The van der Waals surface area contributed by atoms with Crippen molar-refractivity contribution in [3.63, 3.8) is 0 Å². The molecule has 1 amide bonds. The zero-order chi connectivity index (χ0) is 19.3. The van der Waals surface area contributed by atoms with Crippen LogP contribution in [0.15, 0.2) is 63.8 Å². The fourth-order valence-electron chi connectivity index (χ4n) is 2.50. The lowest BCUT2D eigenvalue weighted by molar-refractivity contribution is 0.0987. The summed E-state index contributed by atoms with van der Waals surface area (Å²) in [5, 5.41) is 18.0. The van der Waals surface area contributed by atoms with Gasteiger partial charge in [-0.05, 0) is 13.0 Å². The molecule has 4 rings (SSSR count). The highest BCUT2D eigenvalue weighted by Crippen LogP contribution is 2.26. The highest BCUT2D eigenvalue weighted by molar-refractivity contribution is 6.01. The summed E-state index contributed by atoms with van der Waals surface area (Å²) in [5.74, 6) is 0.853. The second-order valence-corrected chi connectivity index (χ2v) is 5.81. The Morgan fingerprint density at radius 1 is 1.07 bits per heavy atom. The lowest BCUT2D eigenvalue weighted by Crippen LogP contribution is -2.12. The van der Waals surface area contributed by atoms with Crippen LogP contribution in [0.4, 0.5) is 5.82 Å². The molecule has 0 bridgehead atoms. The summed E-state index contributed by atoms with van der Waals surface area (Å²) >= 11 is 0. The van der Waals surface area contributed by atoms with Crippen molar-refractivity contribution in [3.8, 4) is 17.1 Å². The molecule has 0 spiro atoms. The van der Waals surface area contributed by atoms with Crippen LogP contribution in [-0.2, 0) is 6.61 Å². The molecule has 0 aliphatic carbocycles. The number of anilines is 1. The van der Waals surface area contributed by atoms with Gasteiger partial charge in [-0.15, -0.1) is 10.2 Å². The van der Waals surface area contributed by atoms with Crippen LogP contribution >= 0.6 is 0 Å². The van der Waals surface area contributed by atoms with Gasteiger partial charge in [-0.2, -0.15) is 0 Å². The zero-order valence-electron chi connectivity index (χ0n) is 14.8. The topological polar surface area (TPSA) is 116 Å². The van der Waals surface area contributed by atoms with Gasteiger partial charge in [0.15, 0.2) is 5.82 Å². The molecule has 3 aromatic heterocycles. The van der Waals surface area contributed by atoms with E-state index in [4.69, 9.17) is 13.8 Å². The summed E-state index contributed by atoms with van der Waals surface area (Å²) in [6, 6.07) is 14.3. The predicted octanol–water partition coefficient (Wildman–Crippen LogP) is 3.26. The highest BCUT2D eigenvalue weighted by Gasteiger charge is 2.16. The van der Waals surface area contributed by atoms with E-state index < -0.39 is 5.91 Å². The molecule has 0 aliphatic rings. The van der Waals surface area contributed by atoms with Gasteiger partial charge in [-0.25, -0.2) is 0 Å². The standard InChI is InChI=1S/C19H15N5O4/c1-12-14(18(24-27-12)13-5-3-2-4-6-13)11-26-17-8-7-16(22-23-17)21-19(25)15-9-10-20-28-15/h2-10H,11H2,1H3,(H,21,22,25). The number of aryl methyl sites for hydroxylation is 1. The number of nitrogens with one attached hydrogen (secondary N) is 1. The van der Waals surface area contributed by atoms with Crippen LogP contribution < -0.4 is 10.1 Å². The predicted molar refractivity (Wildman–Crippen MR) is 97.5 cm³/mol. The normalized spacial score (nSPS) is 10.6. The average Bonchev–Trinajstić information content (AvgIpc) is 3.38. The number of carbonyl (C=O) groups is 1. The molecular weight excluding hydrogens is 362 g/mol. The molecule has 0 atom stereocenters. The van der Waals surface area contributed by atoms with Gasteiger partial charge < -0.3 is 19.1 Å². The van der Waals surface area contributed by atoms with Crippen molar-refractivity contribution in [1.29, 1.82) is 0 Å². The van der Waals surface area contributed by atoms with Crippen molar-refractivity contribution in [2.24, 2.45) is 0 Å². The van der Waals surface area contributed by atoms with Crippen molar-refractivity contribution >= 4 is 11.7 Å². The fourth-order valence-corrected chi connectivity index (χ4v) is 2.50. The summed E-state index contributed by atoms with van der Waals surface area (Å²) in [4.78, 5) is 11.9. The molecule has 0 saturated heterocycles. The summed E-state index contributed by atoms with van der Waals surface area (Å²) < 4.78 is 15.8. The Bertz CT molecular complexity index is 1060. The fraction of sp³-hybridized carbons (Fsp3) is 0.105. The first-order valence-electron chi connectivity index (χ1n) is 8.40. The molecule has 28 heavy (non-hydrogen) atoms. The van der Waals surface area contributed by atoms with Crippen LogP contribution in [0.5, 0.6) is 5.88 Å². The molecule has 4 aromatic rings. The van der Waals surface area contributed by atoms with Crippen LogP contribution in [0.3, 0.4) is 0 Å². The van der Waals surface area contributed by atoms with Crippen molar-refractivity contribution in [2.75, 3.05) is 5.32 Å². The molecule has 1 aromatic carbocycles. The van der Waals surface area contributed by atoms with Crippen LogP contribution in [0.25, 0.3) is 11.3 Å². The number of hydrogen-bond acceptors (Lipinski definition) is 8. The van der Waals surface area contributed by atoms with E-state index in [1.54, 1.807) is 12.1 Å². The third-order valence-corrected chi connectivity index (χ3v) is 3.94. The molecule has 140 valence electrons. The number of amides is 1. The van der Waals surface area contributed by atoms with Crippen molar-refractivity contribution in [3.05, 3.63) is 71.8 Å². The Labute approximate surface area is 159 Å².